The van der Waals surface area contributed by atoms with Gasteiger partial charge < -0.3 is 9.47 Å². The van der Waals surface area contributed by atoms with Gasteiger partial charge in [-0.2, -0.15) is 0 Å². The Labute approximate surface area is 114 Å². The fourth-order valence-electron chi connectivity index (χ4n) is 2.10. The van der Waals surface area contributed by atoms with Crippen molar-refractivity contribution < 1.29 is 13.9 Å². The van der Waals surface area contributed by atoms with E-state index in [9.17, 15) is 4.39 Å². The molecule has 0 amide bonds. The summed E-state index contributed by atoms with van der Waals surface area (Å²) in [6.45, 7) is 8.91. The second-order valence-corrected chi connectivity index (χ2v) is 5.15. The number of ether oxygens (including phenoxy) is 2. The molecule has 0 atom stereocenters. The van der Waals surface area contributed by atoms with Gasteiger partial charge in [-0.25, -0.2) is 4.39 Å². The van der Waals surface area contributed by atoms with Gasteiger partial charge in [0.2, 0.25) is 0 Å². The molecule has 0 unspecified atom stereocenters. The molecule has 1 heterocycles. The van der Waals surface area contributed by atoms with Gasteiger partial charge in [0.25, 0.3) is 0 Å². The van der Waals surface area contributed by atoms with E-state index in [2.05, 4.69) is 18.7 Å². The Morgan fingerprint density at radius 2 is 2.05 bits per heavy atom. The summed E-state index contributed by atoms with van der Waals surface area (Å²) >= 11 is 0. The molecule has 1 saturated heterocycles. The molecule has 0 spiro atoms. The molecule has 0 aliphatic carbocycles. The minimum atomic E-state index is -0.286. The molecule has 1 aromatic rings. The van der Waals surface area contributed by atoms with Crippen LogP contribution in [0.25, 0.3) is 0 Å². The van der Waals surface area contributed by atoms with E-state index in [-0.39, 0.29) is 5.82 Å². The molecular formula is C15H22FNO2. The van der Waals surface area contributed by atoms with Crippen LogP contribution in [0.4, 0.5) is 4.39 Å². The van der Waals surface area contributed by atoms with Crippen LogP contribution in [0.5, 0.6) is 5.75 Å². The number of halogens is 1. The average Bonchev–Trinajstić information content (AvgIpc) is 2.42. The van der Waals surface area contributed by atoms with Crippen LogP contribution in [0.15, 0.2) is 18.2 Å². The van der Waals surface area contributed by atoms with Crippen LogP contribution in [0.2, 0.25) is 0 Å². The highest BCUT2D eigenvalue weighted by Crippen LogP contribution is 2.23. The molecule has 0 aromatic heterocycles. The van der Waals surface area contributed by atoms with Crippen LogP contribution in [0.3, 0.4) is 0 Å². The SMILES string of the molecule is CC(C)c1ccc(F)c(OCCN2CCOCC2)c1. The number of hydrogen-bond donors (Lipinski definition) is 0. The first-order valence-electron chi connectivity index (χ1n) is 6.89. The first-order valence-corrected chi connectivity index (χ1v) is 6.89. The van der Waals surface area contributed by atoms with E-state index >= 15 is 0 Å². The lowest BCUT2D eigenvalue weighted by atomic mass is 10.0. The quantitative estimate of drug-likeness (QED) is 0.818. The van der Waals surface area contributed by atoms with Crippen molar-refractivity contribution in [2.45, 2.75) is 19.8 Å². The number of hydrogen-bond acceptors (Lipinski definition) is 3. The number of nitrogens with zero attached hydrogens (tertiary/aromatic N) is 1. The molecule has 1 fully saturated rings. The zero-order chi connectivity index (χ0) is 13.7. The summed E-state index contributed by atoms with van der Waals surface area (Å²) in [6, 6.07) is 5.10. The highest BCUT2D eigenvalue weighted by molar-refractivity contribution is 5.31. The van der Waals surface area contributed by atoms with Crippen LogP contribution in [0.1, 0.15) is 25.3 Å². The largest absolute Gasteiger partial charge is 0.489 e. The summed E-state index contributed by atoms with van der Waals surface area (Å²) in [6.07, 6.45) is 0. The molecule has 0 bridgehead atoms. The van der Waals surface area contributed by atoms with E-state index in [0.717, 1.165) is 38.4 Å². The molecule has 106 valence electrons. The maximum absolute atomic E-state index is 13.6. The van der Waals surface area contributed by atoms with E-state index in [4.69, 9.17) is 9.47 Å². The van der Waals surface area contributed by atoms with Crippen molar-refractivity contribution in [3.63, 3.8) is 0 Å². The van der Waals surface area contributed by atoms with E-state index in [1.165, 1.54) is 6.07 Å². The van der Waals surface area contributed by atoms with Crippen molar-refractivity contribution in [1.82, 2.24) is 4.90 Å². The van der Waals surface area contributed by atoms with Crippen molar-refractivity contribution in [1.29, 1.82) is 0 Å². The summed E-state index contributed by atoms with van der Waals surface area (Å²) in [5.41, 5.74) is 1.10. The minimum absolute atomic E-state index is 0.286. The topological polar surface area (TPSA) is 21.7 Å². The van der Waals surface area contributed by atoms with Gasteiger partial charge in [0.15, 0.2) is 11.6 Å². The molecule has 1 aliphatic rings. The van der Waals surface area contributed by atoms with Crippen LogP contribution < -0.4 is 4.74 Å². The zero-order valence-corrected chi connectivity index (χ0v) is 11.7. The number of benzene rings is 1. The molecule has 0 radical (unpaired) electrons. The lowest BCUT2D eigenvalue weighted by molar-refractivity contribution is 0.0320. The number of morpholine rings is 1. The van der Waals surface area contributed by atoms with Crippen molar-refractivity contribution in [2.75, 3.05) is 39.5 Å². The molecule has 4 heteroatoms. The van der Waals surface area contributed by atoms with Crippen molar-refractivity contribution in [3.05, 3.63) is 29.6 Å². The molecule has 3 nitrogen and oxygen atoms in total. The van der Waals surface area contributed by atoms with Gasteiger partial charge in [0, 0.05) is 19.6 Å². The molecule has 19 heavy (non-hydrogen) atoms. The summed E-state index contributed by atoms with van der Waals surface area (Å²) in [7, 11) is 0. The fourth-order valence-corrected chi connectivity index (χ4v) is 2.10. The lowest BCUT2D eigenvalue weighted by Gasteiger charge is -2.26. The molecule has 0 saturated carbocycles. The van der Waals surface area contributed by atoms with Gasteiger partial charge >= 0.3 is 0 Å². The van der Waals surface area contributed by atoms with Crippen LogP contribution in [-0.4, -0.2) is 44.4 Å². The lowest BCUT2D eigenvalue weighted by Crippen LogP contribution is -2.38. The summed E-state index contributed by atoms with van der Waals surface area (Å²) in [5.74, 6) is 0.452. The third kappa shape index (κ3) is 4.18. The molecular weight excluding hydrogens is 245 g/mol. The molecule has 1 aromatic carbocycles. The minimum Gasteiger partial charge on any atom is -0.489 e. The predicted molar refractivity (Wildman–Crippen MR) is 73.2 cm³/mol. The second kappa shape index (κ2) is 6.87. The first kappa shape index (κ1) is 14.3. The summed E-state index contributed by atoms with van der Waals surface area (Å²) < 4.78 is 24.5. The Hall–Kier alpha value is -1.13. The Balaban J connectivity index is 1.86. The second-order valence-electron chi connectivity index (χ2n) is 5.15. The normalized spacial score (nSPS) is 16.8. The Morgan fingerprint density at radius 1 is 1.32 bits per heavy atom. The van der Waals surface area contributed by atoms with Gasteiger partial charge in [-0.1, -0.05) is 19.9 Å². The Morgan fingerprint density at radius 3 is 2.74 bits per heavy atom. The monoisotopic (exact) mass is 267 g/mol. The third-order valence-corrected chi connectivity index (χ3v) is 3.39. The van der Waals surface area contributed by atoms with Gasteiger partial charge in [-0.05, 0) is 23.6 Å². The van der Waals surface area contributed by atoms with E-state index in [0.29, 0.717) is 18.3 Å². The van der Waals surface area contributed by atoms with Gasteiger partial charge in [0.05, 0.1) is 13.2 Å². The zero-order valence-electron chi connectivity index (χ0n) is 11.7. The maximum Gasteiger partial charge on any atom is 0.165 e. The average molecular weight is 267 g/mol. The fraction of sp³-hybridized carbons (Fsp3) is 0.600. The maximum atomic E-state index is 13.6. The van der Waals surface area contributed by atoms with Crippen molar-refractivity contribution in [2.24, 2.45) is 0 Å². The first-order chi connectivity index (χ1) is 9.16. The Kier molecular flexibility index (Phi) is 5.16. The number of rotatable bonds is 5. The van der Waals surface area contributed by atoms with Gasteiger partial charge in [-0.15, -0.1) is 0 Å². The summed E-state index contributed by atoms with van der Waals surface area (Å²) in [5, 5.41) is 0. The van der Waals surface area contributed by atoms with Crippen molar-refractivity contribution >= 4 is 0 Å². The van der Waals surface area contributed by atoms with Gasteiger partial charge in [-0.3, -0.25) is 4.90 Å². The Bertz CT molecular complexity index is 403. The summed E-state index contributed by atoms with van der Waals surface area (Å²) in [4.78, 5) is 2.27. The smallest absolute Gasteiger partial charge is 0.165 e. The van der Waals surface area contributed by atoms with E-state index < -0.39 is 0 Å². The van der Waals surface area contributed by atoms with Gasteiger partial charge in [0.1, 0.15) is 6.61 Å². The molecule has 2 rings (SSSR count). The highest BCUT2D eigenvalue weighted by atomic mass is 19.1. The van der Waals surface area contributed by atoms with Crippen LogP contribution in [-0.2, 0) is 4.74 Å². The van der Waals surface area contributed by atoms with Crippen LogP contribution >= 0.6 is 0 Å². The van der Waals surface area contributed by atoms with Crippen molar-refractivity contribution in [3.8, 4) is 5.75 Å². The highest BCUT2D eigenvalue weighted by Gasteiger charge is 2.11. The molecule has 1 aliphatic heterocycles. The third-order valence-electron chi connectivity index (χ3n) is 3.39. The van der Waals surface area contributed by atoms with E-state index in [1.54, 1.807) is 6.07 Å². The standard InChI is InChI=1S/C15H22FNO2/c1-12(2)13-3-4-14(16)15(11-13)19-10-7-17-5-8-18-9-6-17/h3-4,11-12H,5-10H2,1-2H3. The molecule has 0 N–H and O–H groups in total. The van der Waals surface area contributed by atoms with E-state index in [1.807, 2.05) is 6.07 Å². The predicted octanol–water partition coefficient (Wildman–Crippen LogP) is 2.66. The van der Waals surface area contributed by atoms with Crippen LogP contribution in [0, 0.1) is 5.82 Å².